The van der Waals surface area contributed by atoms with Crippen LogP contribution in [0.1, 0.15) is 18.2 Å². The largest absolute Gasteiger partial charge is 0.458 e. The molecule has 0 aliphatic carbocycles. The van der Waals surface area contributed by atoms with Crippen LogP contribution in [0.5, 0.6) is 0 Å². The Bertz CT molecular complexity index is 497. The van der Waals surface area contributed by atoms with Crippen LogP contribution in [0.25, 0.3) is 11.3 Å². The second-order valence-corrected chi connectivity index (χ2v) is 4.51. The Balaban J connectivity index is 2.33. The number of hydrogen-bond acceptors (Lipinski definition) is 3. The first-order valence-corrected chi connectivity index (χ1v) is 5.63. The smallest absolute Gasteiger partial charge is 0.137 e. The van der Waals surface area contributed by atoms with E-state index in [1.165, 1.54) is 5.56 Å². The van der Waals surface area contributed by atoms with Gasteiger partial charge in [-0.1, -0.05) is 29.8 Å². The van der Waals surface area contributed by atoms with Crippen molar-refractivity contribution in [1.82, 2.24) is 0 Å². The molecule has 0 bridgehead atoms. The van der Waals surface area contributed by atoms with Crippen LogP contribution in [-0.2, 0) is 5.60 Å². The molecule has 2 rings (SSSR count). The predicted octanol–water partition coefficient (Wildman–Crippen LogP) is 2.42. The Morgan fingerprint density at radius 3 is 2.41 bits per heavy atom. The Labute approximate surface area is 101 Å². The van der Waals surface area contributed by atoms with Crippen molar-refractivity contribution in [2.75, 3.05) is 6.54 Å². The van der Waals surface area contributed by atoms with Gasteiger partial charge in [-0.25, -0.2) is 0 Å². The van der Waals surface area contributed by atoms with E-state index in [4.69, 9.17) is 10.2 Å². The number of benzene rings is 1. The van der Waals surface area contributed by atoms with Gasteiger partial charge in [0.25, 0.3) is 0 Å². The minimum Gasteiger partial charge on any atom is -0.458 e. The third kappa shape index (κ3) is 2.40. The fourth-order valence-corrected chi connectivity index (χ4v) is 1.60. The van der Waals surface area contributed by atoms with E-state index in [1.54, 1.807) is 13.0 Å². The van der Waals surface area contributed by atoms with Crippen LogP contribution < -0.4 is 5.73 Å². The molecular formula is C14H17NO2. The number of furan rings is 1. The Morgan fingerprint density at radius 2 is 1.82 bits per heavy atom. The lowest BCUT2D eigenvalue weighted by Gasteiger charge is -2.17. The molecule has 0 aliphatic heterocycles. The topological polar surface area (TPSA) is 59.4 Å². The van der Waals surface area contributed by atoms with E-state index >= 15 is 0 Å². The minimum absolute atomic E-state index is 0.133. The van der Waals surface area contributed by atoms with Gasteiger partial charge < -0.3 is 15.3 Å². The van der Waals surface area contributed by atoms with E-state index in [0.29, 0.717) is 5.76 Å². The van der Waals surface area contributed by atoms with Crippen molar-refractivity contribution in [3.8, 4) is 11.3 Å². The van der Waals surface area contributed by atoms with Gasteiger partial charge in [0.15, 0.2) is 0 Å². The highest BCUT2D eigenvalue weighted by Gasteiger charge is 2.25. The van der Waals surface area contributed by atoms with Crippen molar-refractivity contribution in [2.45, 2.75) is 19.4 Å². The first kappa shape index (κ1) is 11.9. The number of rotatable bonds is 3. The molecule has 17 heavy (non-hydrogen) atoms. The fraction of sp³-hybridized carbons (Fsp3) is 0.286. The standard InChI is InChI=1S/C14H17NO2/c1-10-3-5-11(6-4-10)12-7-8-13(17-12)14(2,16)9-15/h3-8,16H,9,15H2,1-2H3. The van der Waals surface area contributed by atoms with Gasteiger partial charge in [0, 0.05) is 12.1 Å². The molecular weight excluding hydrogens is 214 g/mol. The van der Waals surface area contributed by atoms with E-state index in [0.717, 1.165) is 11.3 Å². The number of nitrogens with two attached hydrogens (primary N) is 1. The van der Waals surface area contributed by atoms with Crippen LogP contribution >= 0.6 is 0 Å². The van der Waals surface area contributed by atoms with Crippen molar-refractivity contribution >= 4 is 0 Å². The van der Waals surface area contributed by atoms with Gasteiger partial charge in [0.1, 0.15) is 17.1 Å². The van der Waals surface area contributed by atoms with Crippen LogP contribution in [-0.4, -0.2) is 11.7 Å². The summed E-state index contributed by atoms with van der Waals surface area (Å²) in [6.45, 7) is 3.81. The first-order chi connectivity index (χ1) is 8.03. The van der Waals surface area contributed by atoms with E-state index in [1.807, 2.05) is 37.3 Å². The summed E-state index contributed by atoms with van der Waals surface area (Å²) in [6, 6.07) is 11.7. The van der Waals surface area contributed by atoms with Gasteiger partial charge in [0.2, 0.25) is 0 Å². The molecule has 1 aromatic heterocycles. The molecule has 3 heteroatoms. The van der Waals surface area contributed by atoms with Crippen LogP contribution in [0.3, 0.4) is 0 Å². The molecule has 1 unspecified atom stereocenters. The number of aliphatic hydroxyl groups is 1. The summed E-state index contributed by atoms with van der Waals surface area (Å²) in [5.74, 6) is 1.24. The van der Waals surface area contributed by atoms with E-state index in [9.17, 15) is 5.11 Å². The highest BCUT2D eigenvalue weighted by Crippen LogP contribution is 2.28. The minimum atomic E-state index is -1.11. The van der Waals surface area contributed by atoms with Crippen LogP contribution in [0, 0.1) is 6.92 Å². The zero-order chi connectivity index (χ0) is 12.5. The second kappa shape index (κ2) is 4.35. The van der Waals surface area contributed by atoms with E-state index in [2.05, 4.69) is 0 Å². The van der Waals surface area contributed by atoms with Crippen LogP contribution in [0.4, 0.5) is 0 Å². The van der Waals surface area contributed by atoms with Crippen LogP contribution in [0.15, 0.2) is 40.8 Å². The molecule has 0 amide bonds. The van der Waals surface area contributed by atoms with E-state index < -0.39 is 5.60 Å². The molecule has 1 atom stereocenters. The van der Waals surface area contributed by atoms with Crippen molar-refractivity contribution in [2.24, 2.45) is 5.73 Å². The van der Waals surface area contributed by atoms with Gasteiger partial charge in [-0.3, -0.25) is 0 Å². The zero-order valence-corrected chi connectivity index (χ0v) is 10.1. The quantitative estimate of drug-likeness (QED) is 0.852. The maximum atomic E-state index is 9.98. The predicted molar refractivity (Wildman–Crippen MR) is 67.5 cm³/mol. The first-order valence-electron chi connectivity index (χ1n) is 5.63. The molecule has 1 heterocycles. The lowest BCUT2D eigenvalue weighted by atomic mass is 10.1. The Kier molecular flexibility index (Phi) is 3.05. The highest BCUT2D eigenvalue weighted by atomic mass is 16.4. The summed E-state index contributed by atoms with van der Waals surface area (Å²) in [4.78, 5) is 0. The molecule has 1 aromatic carbocycles. The van der Waals surface area contributed by atoms with Gasteiger partial charge in [0.05, 0.1) is 0 Å². The van der Waals surface area contributed by atoms with Gasteiger partial charge in [-0.05, 0) is 26.0 Å². The third-order valence-electron chi connectivity index (χ3n) is 2.87. The molecule has 2 aromatic rings. The van der Waals surface area contributed by atoms with Gasteiger partial charge in [-0.2, -0.15) is 0 Å². The molecule has 0 saturated carbocycles. The molecule has 0 fully saturated rings. The summed E-state index contributed by atoms with van der Waals surface area (Å²) < 4.78 is 5.64. The van der Waals surface area contributed by atoms with Crippen molar-refractivity contribution in [3.63, 3.8) is 0 Å². The molecule has 0 saturated heterocycles. The summed E-state index contributed by atoms with van der Waals surface area (Å²) in [5, 5.41) is 9.98. The zero-order valence-electron chi connectivity index (χ0n) is 10.1. The van der Waals surface area contributed by atoms with Gasteiger partial charge >= 0.3 is 0 Å². The highest BCUT2D eigenvalue weighted by molar-refractivity contribution is 5.58. The number of aryl methyl sites for hydroxylation is 1. The molecule has 0 spiro atoms. The summed E-state index contributed by atoms with van der Waals surface area (Å²) >= 11 is 0. The summed E-state index contributed by atoms with van der Waals surface area (Å²) in [5.41, 5.74) is 6.59. The summed E-state index contributed by atoms with van der Waals surface area (Å²) in [6.07, 6.45) is 0. The maximum absolute atomic E-state index is 9.98. The monoisotopic (exact) mass is 231 g/mol. The van der Waals surface area contributed by atoms with Crippen LogP contribution in [0.2, 0.25) is 0 Å². The van der Waals surface area contributed by atoms with Crippen molar-refractivity contribution < 1.29 is 9.52 Å². The molecule has 3 nitrogen and oxygen atoms in total. The second-order valence-electron chi connectivity index (χ2n) is 4.51. The van der Waals surface area contributed by atoms with Crippen molar-refractivity contribution in [1.29, 1.82) is 0 Å². The average Bonchev–Trinajstić information content (AvgIpc) is 2.80. The molecule has 3 N–H and O–H groups in total. The average molecular weight is 231 g/mol. The van der Waals surface area contributed by atoms with Gasteiger partial charge in [-0.15, -0.1) is 0 Å². The van der Waals surface area contributed by atoms with E-state index in [-0.39, 0.29) is 6.54 Å². The lowest BCUT2D eigenvalue weighted by Crippen LogP contribution is -2.30. The maximum Gasteiger partial charge on any atom is 0.137 e. The molecule has 90 valence electrons. The Morgan fingerprint density at radius 1 is 1.18 bits per heavy atom. The SMILES string of the molecule is Cc1ccc(-c2ccc(C(C)(O)CN)o2)cc1. The fourth-order valence-electron chi connectivity index (χ4n) is 1.60. The summed E-state index contributed by atoms with van der Waals surface area (Å²) in [7, 11) is 0. The Hall–Kier alpha value is -1.58. The third-order valence-corrected chi connectivity index (χ3v) is 2.87. The number of hydrogen-bond donors (Lipinski definition) is 2. The molecule has 0 aliphatic rings. The lowest BCUT2D eigenvalue weighted by molar-refractivity contribution is 0.0439. The normalized spacial score (nSPS) is 14.6. The van der Waals surface area contributed by atoms with Crippen molar-refractivity contribution in [3.05, 3.63) is 47.7 Å². The molecule has 0 radical (unpaired) electrons.